The summed E-state index contributed by atoms with van der Waals surface area (Å²) in [7, 11) is 0. The lowest BCUT2D eigenvalue weighted by Gasteiger charge is -2.18. The summed E-state index contributed by atoms with van der Waals surface area (Å²) in [4.78, 5) is 15.3. The van der Waals surface area contributed by atoms with Gasteiger partial charge in [-0.25, -0.2) is 4.98 Å². The summed E-state index contributed by atoms with van der Waals surface area (Å²) in [6.07, 6.45) is 1.82. The molecule has 2 heterocycles. The quantitative estimate of drug-likeness (QED) is 0.852. The molecule has 0 amide bonds. The number of imidazole rings is 1. The highest BCUT2D eigenvalue weighted by atomic mass is 16.5. The van der Waals surface area contributed by atoms with Gasteiger partial charge in [0.2, 0.25) is 0 Å². The van der Waals surface area contributed by atoms with Crippen molar-refractivity contribution in [3.05, 3.63) is 41.9 Å². The van der Waals surface area contributed by atoms with Crippen LogP contribution in [0, 0.1) is 0 Å². The van der Waals surface area contributed by atoms with E-state index in [4.69, 9.17) is 4.74 Å². The van der Waals surface area contributed by atoms with Crippen LogP contribution in [0.4, 0.5) is 5.82 Å². The number of nitrogens with one attached hydrogen (secondary N) is 1. The first-order valence-corrected chi connectivity index (χ1v) is 6.35. The lowest BCUT2D eigenvalue weighted by molar-refractivity contribution is 0.112. The van der Waals surface area contributed by atoms with Crippen LogP contribution >= 0.6 is 0 Å². The third kappa shape index (κ3) is 2.31. The van der Waals surface area contributed by atoms with Crippen LogP contribution < -0.4 is 10.1 Å². The Balaban J connectivity index is 1.81. The van der Waals surface area contributed by atoms with Gasteiger partial charge in [0.25, 0.3) is 0 Å². The zero-order valence-electron chi connectivity index (χ0n) is 10.5. The second-order valence-corrected chi connectivity index (χ2v) is 4.41. The van der Waals surface area contributed by atoms with Gasteiger partial charge in [0.1, 0.15) is 29.7 Å². The molecule has 0 fully saturated rings. The molecule has 98 valence electrons. The molecule has 0 saturated carbocycles. The number of para-hydroxylation sites is 1. The van der Waals surface area contributed by atoms with Crippen LogP contribution in [0.3, 0.4) is 0 Å². The summed E-state index contributed by atoms with van der Waals surface area (Å²) in [6.45, 7) is 2.12. The third-order valence-corrected chi connectivity index (χ3v) is 3.15. The van der Waals surface area contributed by atoms with E-state index < -0.39 is 0 Å². The minimum Gasteiger partial charge on any atom is -0.486 e. The fourth-order valence-electron chi connectivity index (χ4n) is 2.25. The lowest BCUT2D eigenvalue weighted by Crippen LogP contribution is -2.19. The monoisotopic (exact) mass is 257 g/mol. The fourth-order valence-corrected chi connectivity index (χ4v) is 2.25. The van der Waals surface area contributed by atoms with Gasteiger partial charge in [0.15, 0.2) is 6.29 Å². The van der Waals surface area contributed by atoms with E-state index in [1.165, 1.54) is 0 Å². The van der Waals surface area contributed by atoms with Gasteiger partial charge in [-0.15, -0.1) is 0 Å². The first-order valence-electron chi connectivity index (χ1n) is 6.35. The molecule has 0 aliphatic carbocycles. The van der Waals surface area contributed by atoms with Crippen LogP contribution in [0.5, 0.6) is 5.75 Å². The number of hydrogen-bond acceptors (Lipinski definition) is 4. The highest BCUT2D eigenvalue weighted by Crippen LogP contribution is 2.22. The highest BCUT2D eigenvalue weighted by molar-refractivity contribution is 5.80. The number of carbonyl (C=O) groups excluding carboxylic acids is 1. The number of aldehydes is 1. The van der Waals surface area contributed by atoms with Crippen molar-refractivity contribution in [2.24, 2.45) is 0 Å². The molecule has 1 aromatic heterocycles. The number of fused-ring (bicyclic) bond motifs is 1. The number of benzene rings is 1. The fraction of sp³-hybridized carbons (Fsp3) is 0.286. The summed E-state index contributed by atoms with van der Waals surface area (Å²) in [6, 6.07) is 9.60. The number of nitrogens with zero attached hydrogens (tertiary/aromatic N) is 2. The molecule has 1 N–H and O–H groups in total. The van der Waals surface area contributed by atoms with Crippen LogP contribution in [0.2, 0.25) is 0 Å². The Morgan fingerprint density at radius 1 is 1.37 bits per heavy atom. The van der Waals surface area contributed by atoms with E-state index >= 15 is 0 Å². The zero-order valence-corrected chi connectivity index (χ0v) is 10.5. The van der Waals surface area contributed by atoms with Gasteiger partial charge in [-0.1, -0.05) is 18.2 Å². The molecule has 0 spiro atoms. The molecule has 1 aliphatic heterocycles. The molecule has 19 heavy (non-hydrogen) atoms. The number of hydrogen-bond donors (Lipinski definition) is 1. The summed E-state index contributed by atoms with van der Waals surface area (Å²) in [5, 5.41) is 3.21. The molecule has 0 atom stereocenters. The van der Waals surface area contributed by atoms with Crippen molar-refractivity contribution < 1.29 is 9.53 Å². The second kappa shape index (κ2) is 5.14. The molecule has 5 nitrogen and oxygen atoms in total. The maximum Gasteiger partial charge on any atom is 0.172 e. The molecule has 3 rings (SSSR count). The smallest absolute Gasteiger partial charge is 0.172 e. The third-order valence-electron chi connectivity index (χ3n) is 3.15. The Hall–Kier alpha value is -2.30. The van der Waals surface area contributed by atoms with Gasteiger partial charge in [-0.2, -0.15) is 0 Å². The van der Waals surface area contributed by atoms with Gasteiger partial charge in [-0.3, -0.25) is 4.79 Å². The van der Waals surface area contributed by atoms with Crippen molar-refractivity contribution in [2.75, 3.05) is 11.9 Å². The predicted molar refractivity (Wildman–Crippen MR) is 71.5 cm³/mol. The molecule has 1 aliphatic rings. The Kier molecular flexibility index (Phi) is 3.18. The Bertz CT molecular complexity index is 578. The normalized spacial score (nSPS) is 13.5. The van der Waals surface area contributed by atoms with Crippen molar-refractivity contribution in [3.63, 3.8) is 0 Å². The molecule has 0 unspecified atom stereocenters. The summed E-state index contributed by atoms with van der Waals surface area (Å²) < 4.78 is 7.71. The topological polar surface area (TPSA) is 56.1 Å². The Morgan fingerprint density at radius 2 is 2.21 bits per heavy atom. The number of aromatic nitrogens is 2. The minimum absolute atomic E-state index is 0.368. The molecule has 5 heteroatoms. The Labute approximate surface area is 111 Å². The van der Waals surface area contributed by atoms with Crippen molar-refractivity contribution >= 4 is 12.1 Å². The summed E-state index contributed by atoms with van der Waals surface area (Å²) >= 11 is 0. The van der Waals surface area contributed by atoms with Crippen LogP contribution in [0.25, 0.3) is 0 Å². The largest absolute Gasteiger partial charge is 0.486 e. The van der Waals surface area contributed by atoms with E-state index in [1.54, 1.807) is 0 Å². The molecular formula is C14H15N3O2. The van der Waals surface area contributed by atoms with Gasteiger partial charge >= 0.3 is 0 Å². The van der Waals surface area contributed by atoms with Crippen LogP contribution in [-0.4, -0.2) is 22.4 Å². The Morgan fingerprint density at radius 3 is 3.00 bits per heavy atom. The number of anilines is 1. The van der Waals surface area contributed by atoms with Crippen molar-refractivity contribution in [1.29, 1.82) is 0 Å². The van der Waals surface area contributed by atoms with Crippen LogP contribution in [0.1, 0.15) is 22.7 Å². The molecule has 0 radical (unpaired) electrons. The van der Waals surface area contributed by atoms with E-state index in [0.29, 0.717) is 12.3 Å². The van der Waals surface area contributed by atoms with Crippen molar-refractivity contribution in [2.45, 2.75) is 19.6 Å². The van der Waals surface area contributed by atoms with E-state index in [0.717, 1.165) is 43.2 Å². The van der Waals surface area contributed by atoms with Crippen molar-refractivity contribution in [1.82, 2.24) is 9.55 Å². The summed E-state index contributed by atoms with van der Waals surface area (Å²) in [5.74, 6) is 2.40. The predicted octanol–water partition coefficient (Wildman–Crippen LogP) is 2.09. The van der Waals surface area contributed by atoms with Crippen LogP contribution in [-0.2, 0) is 13.2 Å². The minimum atomic E-state index is 0.368. The zero-order chi connectivity index (χ0) is 13.1. The number of ether oxygens (including phenoxy) is 1. The SMILES string of the molecule is O=Cc1nc(COc2ccccc2)n2c1NCCC2. The molecule has 2 aromatic rings. The molecular weight excluding hydrogens is 242 g/mol. The van der Waals surface area contributed by atoms with Gasteiger partial charge in [0.05, 0.1) is 0 Å². The van der Waals surface area contributed by atoms with E-state index in [9.17, 15) is 4.79 Å². The van der Waals surface area contributed by atoms with E-state index in [1.807, 2.05) is 34.9 Å². The standard InChI is InChI=1S/C14H15N3O2/c18-9-12-14-15-7-4-8-17(14)13(16-12)10-19-11-5-2-1-3-6-11/h1-3,5-6,9,15H,4,7-8,10H2. The number of carbonyl (C=O) groups is 1. The summed E-state index contributed by atoms with van der Waals surface area (Å²) in [5.41, 5.74) is 0.464. The van der Waals surface area contributed by atoms with Crippen LogP contribution in [0.15, 0.2) is 30.3 Å². The second-order valence-electron chi connectivity index (χ2n) is 4.41. The average molecular weight is 257 g/mol. The molecule has 0 saturated heterocycles. The van der Waals surface area contributed by atoms with E-state index in [2.05, 4.69) is 10.3 Å². The lowest BCUT2D eigenvalue weighted by atomic mass is 10.3. The first-order chi connectivity index (χ1) is 9.38. The average Bonchev–Trinajstić information content (AvgIpc) is 2.84. The van der Waals surface area contributed by atoms with Gasteiger partial charge < -0.3 is 14.6 Å². The van der Waals surface area contributed by atoms with Crippen molar-refractivity contribution in [3.8, 4) is 5.75 Å². The van der Waals surface area contributed by atoms with Gasteiger partial charge in [0, 0.05) is 13.1 Å². The highest BCUT2D eigenvalue weighted by Gasteiger charge is 2.19. The maximum atomic E-state index is 11.0. The van der Waals surface area contributed by atoms with Gasteiger partial charge in [-0.05, 0) is 18.6 Å². The first kappa shape index (κ1) is 11.8. The maximum absolute atomic E-state index is 11.0. The number of rotatable bonds is 4. The molecule has 0 bridgehead atoms. The van der Waals surface area contributed by atoms with E-state index in [-0.39, 0.29) is 0 Å². The molecule has 1 aromatic carbocycles.